The molecule has 1 atom stereocenters. The summed E-state index contributed by atoms with van der Waals surface area (Å²) in [6.45, 7) is 1.80. The number of rotatable bonds is 11. The first-order chi connectivity index (χ1) is 17.9. The monoisotopic (exact) mass is 535 g/mol. The number of benzene rings is 4. The van der Waals surface area contributed by atoms with Gasteiger partial charge < -0.3 is 9.84 Å². The number of nitrogens with zero attached hydrogens (tertiary/aromatic N) is 1. The highest BCUT2D eigenvalue weighted by Gasteiger charge is 2.22. The number of methoxy groups -OCH3 is 1. The van der Waals surface area contributed by atoms with Gasteiger partial charge in [-0.15, -0.1) is 0 Å². The Kier molecular flexibility index (Phi) is 9.00. The van der Waals surface area contributed by atoms with E-state index in [1.165, 1.54) is 7.11 Å². The van der Waals surface area contributed by atoms with Crippen LogP contribution in [0.25, 0.3) is 0 Å². The zero-order valence-corrected chi connectivity index (χ0v) is 22.2. The topological polar surface area (TPSA) is 66.8 Å². The Hall–Kier alpha value is -3.16. The van der Waals surface area contributed by atoms with Gasteiger partial charge in [0.2, 0.25) is 9.84 Å². The number of hydrogen-bond acceptors (Lipinski definition) is 5. The van der Waals surface area contributed by atoms with E-state index in [9.17, 15) is 13.5 Å². The first kappa shape index (κ1) is 26.9. The smallest absolute Gasteiger partial charge is 0.210 e. The van der Waals surface area contributed by atoms with Crippen molar-refractivity contribution in [1.29, 1.82) is 0 Å². The molecule has 192 valence electrons. The SMILES string of the molecule is COc1ccccc1S(=O)(=O)c1ccc(CCN(Cc2ccccc2)C[C@H](O)c2cccc(Cl)c2)cc1. The third-order valence-corrected chi connectivity index (χ3v) is 8.27. The molecule has 7 heteroatoms. The Balaban J connectivity index is 1.48. The van der Waals surface area contributed by atoms with E-state index in [-0.39, 0.29) is 9.79 Å². The van der Waals surface area contributed by atoms with Crippen LogP contribution in [0.2, 0.25) is 5.02 Å². The van der Waals surface area contributed by atoms with Gasteiger partial charge in [-0.25, -0.2) is 8.42 Å². The molecule has 0 aliphatic carbocycles. The number of ether oxygens (including phenoxy) is 1. The van der Waals surface area contributed by atoms with E-state index in [0.717, 1.165) is 16.7 Å². The summed E-state index contributed by atoms with van der Waals surface area (Å²) in [7, 11) is -2.24. The van der Waals surface area contributed by atoms with Gasteiger partial charge in [0.1, 0.15) is 10.6 Å². The van der Waals surface area contributed by atoms with Crippen molar-refractivity contribution in [3.63, 3.8) is 0 Å². The summed E-state index contributed by atoms with van der Waals surface area (Å²) in [6, 6.07) is 31.0. The van der Waals surface area contributed by atoms with E-state index in [4.69, 9.17) is 16.3 Å². The third kappa shape index (κ3) is 6.99. The van der Waals surface area contributed by atoms with Crippen LogP contribution in [0, 0.1) is 0 Å². The molecule has 4 aromatic rings. The molecule has 0 radical (unpaired) electrons. The molecule has 0 saturated carbocycles. The minimum atomic E-state index is -3.70. The largest absolute Gasteiger partial charge is 0.495 e. The van der Waals surface area contributed by atoms with E-state index in [2.05, 4.69) is 17.0 Å². The molecule has 37 heavy (non-hydrogen) atoms. The molecule has 0 fully saturated rings. The first-order valence-corrected chi connectivity index (χ1v) is 13.9. The summed E-state index contributed by atoms with van der Waals surface area (Å²) in [5.41, 5.74) is 2.93. The van der Waals surface area contributed by atoms with Crippen LogP contribution in [0.15, 0.2) is 113 Å². The maximum absolute atomic E-state index is 13.1. The second-order valence-electron chi connectivity index (χ2n) is 8.84. The van der Waals surface area contributed by atoms with Gasteiger partial charge >= 0.3 is 0 Å². The molecule has 4 aromatic carbocycles. The highest BCUT2D eigenvalue weighted by atomic mass is 35.5. The lowest BCUT2D eigenvalue weighted by Gasteiger charge is -2.25. The lowest BCUT2D eigenvalue weighted by atomic mass is 10.1. The molecule has 0 aliphatic rings. The second-order valence-corrected chi connectivity index (χ2v) is 11.2. The van der Waals surface area contributed by atoms with Crippen molar-refractivity contribution in [2.75, 3.05) is 20.2 Å². The molecular formula is C30H30ClNO4S. The van der Waals surface area contributed by atoms with Gasteiger partial charge in [0, 0.05) is 24.7 Å². The number of aliphatic hydroxyl groups is 1. The molecule has 0 heterocycles. The predicted octanol–water partition coefficient (Wildman–Crippen LogP) is 5.96. The van der Waals surface area contributed by atoms with Gasteiger partial charge in [-0.1, -0.05) is 78.3 Å². The number of aliphatic hydroxyl groups excluding tert-OH is 1. The van der Waals surface area contributed by atoms with Crippen molar-refractivity contribution >= 4 is 21.4 Å². The van der Waals surface area contributed by atoms with Crippen LogP contribution in [0.4, 0.5) is 0 Å². The van der Waals surface area contributed by atoms with Crippen molar-refractivity contribution in [2.45, 2.75) is 28.9 Å². The maximum atomic E-state index is 13.1. The van der Waals surface area contributed by atoms with Gasteiger partial charge in [-0.2, -0.15) is 0 Å². The summed E-state index contributed by atoms with van der Waals surface area (Å²) in [5, 5.41) is 11.5. The minimum absolute atomic E-state index is 0.147. The molecule has 5 nitrogen and oxygen atoms in total. The highest BCUT2D eigenvalue weighted by Crippen LogP contribution is 2.29. The third-order valence-electron chi connectivity index (χ3n) is 6.22. The normalized spacial score (nSPS) is 12.4. The summed E-state index contributed by atoms with van der Waals surface area (Å²) < 4.78 is 31.5. The average Bonchev–Trinajstić information content (AvgIpc) is 2.92. The van der Waals surface area contributed by atoms with Crippen molar-refractivity contribution in [2.24, 2.45) is 0 Å². The molecule has 0 amide bonds. The Labute approximate surface area is 223 Å². The van der Waals surface area contributed by atoms with Crippen molar-refractivity contribution < 1.29 is 18.3 Å². The van der Waals surface area contributed by atoms with Crippen molar-refractivity contribution in [1.82, 2.24) is 4.90 Å². The van der Waals surface area contributed by atoms with E-state index < -0.39 is 15.9 Å². The zero-order chi connectivity index (χ0) is 26.3. The highest BCUT2D eigenvalue weighted by molar-refractivity contribution is 7.91. The lowest BCUT2D eigenvalue weighted by Crippen LogP contribution is -2.30. The Bertz CT molecular complexity index is 1410. The van der Waals surface area contributed by atoms with Crippen LogP contribution in [0.5, 0.6) is 5.75 Å². The van der Waals surface area contributed by atoms with E-state index in [1.807, 2.05) is 42.5 Å². The van der Waals surface area contributed by atoms with Crippen LogP contribution in [0.3, 0.4) is 0 Å². The minimum Gasteiger partial charge on any atom is -0.495 e. The molecular weight excluding hydrogens is 506 g/mol. The van der Waals surface area contributed by atoms with Gasteiger partial charge in [0.25, 0.3) is 0 Å². The molecule has 0 spiro atoms. The van der Waals surface area contributed by atoms with E-state index in [0.29, 0.717) is 36.8 Å². The van der Waals surface area contributed by atoms with Gasteiger partial charge in [-0.05, 0) is 59.5 Å². The average molecular weight is 536 g/mol. The Morgan fingerprint density at radius 3 is 2.27 bits per heavy atom. The van der Waals surface area contributed by atoms with Gasteiger partial charge in [0.05, 0.1) is 18.1 Å². The molecule has 0 unspecified atom stereocenters. The predicted molar refractivity (Wildman–Crippen MR) is 147 cm³/mol. The van der Waals surface area contributed by atoms with Crippen molar-refractivity contribution in [3.05, 3.63) is 125 Å². The molecule has 1 N–H and O–H groups in total. The fourth-order valence-electron chi connectivity index (χ4n) is 4.23. The van der Waals surface area contributed by atoms with Crippen LogP contribution in [-0.4, -0.2) is 38.6 Å². The van der Waals surface area contributed by atoms with Gasteiger partial charge in [-0.3, -0.25) is 4.90 Å². The summed E-state index contributed by atoms with van der Waals surface area (Å²) in [4.78, 5) is 2.56. The van der Waals surface area contributed by atoms with Crippen molar-refractivity contribution in [3.8, 4) is 5.75 Å². The van der Waals surface area contributed by atoms with Crippen LogP contribution < -0.4 is 4.74 Å². The second kappa shape index (κ2) is 12.4. The quantitative estimate of drug-likeness (QED) is 0.257. The number of para-hydroxylation sites is 1. The first-order valence-electron chi connectivity index (χ1n) is 12.0. The molecule has 0 aliphatic heterocycles. The fourth-order valence-corrected chi connectivity index (χ4v) is 5.85. The van der Waals surface area contributed by atoms with Gasteiger partial charge in [0.15, 0.2) is 0 Å². The van der Waals surface area contributed by atoms with Crippen LogP contribution in [0.1, 0.15) is 22.8 Å². The van der Waals surface area contributed by atoms with Crippen LogP contribution in [-0.2, 0) is 22.8 Å². The fraction of sp³-hybridized carbons (Fsp3) is 0.200. The summed E-state index contributed by atoms with van der Waals surface area (Å²) >= 11 is 6.12. The van der Waals surface area contributed by atoms with E-state index in [1.54, 1.807) is 48.5 Å². The Morgan fingerprint density at radius 1 is 0.865 bits per heavy atom. The molecule has 0 aromatic heterocycles. The molecule has 4 rings (SSSR count). The molecule has 0 bridgehead atoms. The number of hydrogen-bond donors (Lipinski definition) is 1. The number of sulfone groups is 1. The van der Waals surface area contributed by atoms with E-state index >= 15 is 0 Å². The lowest BCUT2D eigenvalue weighted by molar-refractivity contribution is 0.109. The Morgan fingerprint density at radius 2 is 1.57 bits per heavy atom. The zero-order valence-electron chi connectivity index (χ0n) is 20.6. The maximum Gasteiger partial charge on any atom is 0.210 e. The number of halogens is 1. The van der Waals surface area contributed by atoms with Crippen LogP contribution >= 0.6 is 11.6 Å². The summed E-state index contributed by atoms with van der Waals surface area (Å²) in [6.07, 6.45) is 0.0140. The standard InChI is InChI=1S/C30H30ClNO4S/c1-36-29-12-5-6-13-30(29)37(34,35)27-16-14-23(15-17-27)18-19-32(21-24-8-3-2-4-9-24)22-28(33)25-10-7-11-26(31)20-25/h2-17,20,28,33H,18-19,21-22H2,1H3/t28-/m0/s1. The summed E-state index contributed by atoms with van der Waals surface area (Å²) in [5.74, 6) is 0.321. The molecule has 0 saturated heterocycles.